The topological polar surface area (TPSA) is 132 Å². The number of phenolic OH excluding ortho intramolecular Hbond substituents is 1. The van der Waals surface area contributed by atoms with Gasteiger partial charge in [0, 0.05) is 17.7 Å². The second kappa shape index (κ2) is 6.82. The molecule has 1 aromatic heterocycles. The number of benzene rings is 2. The van der Waals surface area contributed by atoms with Gasteiger partial charge in [0.05, 0.1) is 14.2 Å². The van der Waals surface area contributed by atoms with Gasteiger partial charge in [0.15, 0.2) is 16.8 Å². The average molecular weight is 394 g/mol. The fourth-order valence-electron chi connectivity index (χ4n) is 2.50. The molecular formula is C17H14O9S. The number of hydrogen-bond donors (Lipinski definition) is 2. The molecular weight excluding hydrogens is 380 g/mol. The van der Waals surface area contributed by atoms with Crippen molar-refractivity contribution in [1.82, 2.24) is 0 Å². The van der Waals surface area contributed by atoms with Crippen molar-refractivity contribution in [3.8, 4) is 34.3 Å². The van der Waals surface area contributed by atoms with Gasteiger partial charge in [-0.15, -0.1) is 0 Å². The molecule has 0 amide bonds. The van der Waals surface area contributed by atoms with Crippen LogP contribution in [0.3, 0.4) is 0 Å². The van der Waals surface area contributed by atoms with Gasteiger partial charge < -0.3 is 23.2 Å². The maximum absolute atomic E-state index is 12.5. The molecule has 2 N–H and O–H groups in total. The zero-order valence-electron chi connectivity index (χ0n) is 14.1. The fourth-order valence-corrected chi connectivity index (χ4v) is 2.87. The van der Waals surface area contributed by atoms with Crippen molar-refractivity contribution in [2.24, 2.45) is 0 Å². The molecule has 0 radical (unpaired) electrons. The molecule has 0 aliphatic heterocycles. The molecule has 9 nitrogen and oxygen atoms in total. The monoisotopic (exact) mass is 394 g/mol. The summed E-state index contributed by atoms with van der Waals surface area (Å²) >= 11 is 0. The molecule has 0 unspecified atom stereocenters. The summed E-state index contributed by atoms with van der Waals surface area (Å²) in [5.74, 6) is -0.674. The number of hydrogen-bond acceptors (Lipinski definition) is 8. The summed E-state index contributed by atoms with van der Waals surface area (Å²) < 4.78 is 51.6. The van der Waals surface area contributed by atoms with Crippen molar-refractivity contribution < 1.29 is 36.2 Å². The normalized spacial score (nSPS) is 11.4. The van der Waals surface area contributed by atoms with E-state index in [1.165, 1.54) is 14.2 Å². The summed E-state index contributed by atoms with van der Waals surface area (Å²) in [7, 11) is -2.27. The van der Waals surface area contributed by atoms with Gasteiger partial charge >= 0.3 is 10.4 Å². The molecule has 0 aliphatic carbocycles. The highest BCUT2D eigenvalue weighted by Crippen LogP contribution is 2.41. The highest BCUT2D eigenvalue weighted by Gasteiger charge is 2.24. The van der Waals surface area contributed by atoms with Crippen LogP contribution in [-0.2, 0) is 10.4 Å². The Bertz CT molecular complexity index is 1160. The molecule has 1 heterocycles. The molecule has 2 aromatic carbocycles. The second-order valence-electron chi connectivity index (χ2n) is 5.35. The van der Waals surface area contributed by atoms with E-state index in [0.717, 1.165) is 12.1 Å². The smallest absolute Gasteiger partial charge is 0.446 e. The molecule has 10 heteroatoms. The Balaban J connectivity index is 2.33. The lowest BCUT2D eigenvalue weighted by molar-refractivity contribution is 0.356. The lowest BCUT2D eigenvalue weighted by Crippen LogP contribution is -2.10. The number of fused-ring (bicyclic) bond motifs is 1. The van der Waals surface area contributed by atoms with Crippen LogP contribution in [-0.4, -0.2) is 32.3 Å². The number of ether oxygens (including phenoxy) is 2. The van der Waals surface area contributed by atoms with E-state index in [2.05, 4.69) is 4.18 Å². The Labute approximate surface area is 153 Å². The maximum Gasteiger partial charge on any atom is 0.446 e. The average Bonchev–Trinajstić information content (AvgIpc) is 2.62. The third-order valence-corrected chi connectivity index (χ3v) is 4.06. The first-order valence-electron chi connectivity index (χ1n) is 7.42. The van der Waals surface area contributed by atoms with Gasteiger partial charge in [0.1, 0.15) is 22.6 Å². The van der Waals surface area contributed by atoms with Crippen molar-refractivity contribution in [2.45, 2.75) is 0 Å². The predicted octanol–water partition coefficient (Wildman–Crippen LogP) is 2.36. The highest BCUT2D eigenvalue weighted by molar-refractivity contribution is 7.81. The van der Waals surface area contributed by atoms with Gasteiger partial charge in [0.2, 0.25) is 5.75 Å². The van der Waals surface area contributed by atoms with Crippen molar-refractivity contribution >= 4 is 21.4 Å². The van der Waals surface area contributed by atoms with E-state index in [4.69, 9.17) is 18.4 Å². The summed E-state index contributed by atoms with van der Waals surface area (Å²) in [5.41, 5.74) is -0.569. The van der Waals surface area contributed by atoms with Gasteiger partial charge in [-0.3, -0.25) is 9.35 Å². The largest absolute Gasteiger partial charge is 0.507 e. The van der Waals surface area contributed by atoms with Crippen molar-refractivity contribution in [2.75, 3.05) is 14.2 Å². The Hall–Kier alpha value is -3.24. The van der Waals surface area contributed by atoms with Crippen LogP contribution in [0.1, 0.15) is 0 Å². The summed E-state index contributed by atoms with van der Waals surface area (Å²) in [6, 6.07) is 8.62. The molecule has 0 saturated carbocycles. The molecule has 3 rings (SSSR count). The van der Waals surface area contributed by atoms with Crippen molar-refractivity contribution in [3.05, 3.63) is 46.6 Å². The lowest BCUT2D eigenvalue weighted by atomic mass is 10.1. The quantitative estimate of drug-likeness (QED) is 0.626. The van der Waals surface area contributed by atoms with E-state index in [9.17, 15) is 18.3 Å². The van der Waals surface area contributed by atoms with Gasteiger partial charge in [-0.2, -0.15) is 8.42 Å². The fraction of sp³-hybridized carbons (Fsp3) is 0.118. The third-order valence-electron chi connectivity index (χ3n) is 3.68. The number of aromatic hydroxyl groups is 1. The molecule has 0 spiro atoms. The van der Waals surface area contributed by atoms with Crippen LogP contribution in [0.2, 0.25) is 0 Å². The van der Waals surface area contributed by atoms with E-state index < -0.39 is 32.9 Å². The van der Waals surface area contributed by atoms with Crippen LogP contribution in [0, 0.1) is 0 Å². The van der Waals surface area contributed by atoms with Gasteiger partial charge in [-0.05, 0) is 24.3 Å². The number of rotatable bonds is 5. The van der Waals surface area contributed by atoms with E-state index >= 15 is 0 Å². The zero-order valence-corrected chi connectivity index (χ0v) is 14.9. The minimum Gasteiger partial charge on any atom is -0.507 e. The van der Waals surface area contributed by atoms with E-state index in [1.807, 2.05) is 0 Å². The van der Waals surface area contributed by atoms with Gasteiger partial charge in [-0.1, -0.05) is 0 Å². The number of phenols is 1. The van der Waals surface area contributed by atoms with Crippen molar-refractivity contribution in [3.63, 3.8) is 0 Å². The second-order valence-corrected chi connectivity index (χ2v) is 6.37. The van der Waals surface area contributed by atoms with Crippen LogP contribution >= 0.6 is 0 Å². The number of methoxy groups -OCH3 is 2. The molecule has 0 saturated heterocycles. The minimum absolute atomic E-state index is 0.0722. The third kappa shape index (κ3) is 3.66. The van der Waals surface area contributed by atoms with Gasteiger partial charge in [0.25, 0.3) is 0 Å². The van der Waals surface area contributed by atoms with E-state index in [1.54, 1.807) is 24.3 Å². The van der Waals surface area contributed by atoms with Crippen molar-refractivity contribution in [1.29, 1.82) is 0 Å². The summed E-state index contributed by atoms with van der Waals surface area (Å²) in [6.45, 7) is 0. The Morgan fingerprint density at radius 1 is 1.04 bits per heavy atom. The van der Waals surface area contributed by atoms with Crippen LogP contribution in [0.15, 0.2) is 45.6 Å². The highest BCUT2D eigenvalue weighted by atomic mass is 32.3. The van der Waals surface area contributed by atoms with Crippen LogP contribution < -0.4 is 19.1 Å². The first kappa shape index (κ1) is 18.5. The van der Waals surface area contributed by atoms with E-state index in [-0.39, 0.29) is 16.9 Å². The molecule has 3 aromatic rings. The predicted molar refractivity (Wildman–Crippen MR) is 94.9 cm³/mol. The molecule has 0 bridgehead atoms. The molecule has 0 atom stereocenters. The molecule has 27 heavy (non-hydrogen) atoms. The summed E-state index contributed by atoms with van der Waals surface area (Å²) in [5, 5.41) is 9.77. The minimum atomic E-state index is -4.95. The standard InChI is InChI=1S/C17H14O9S/c1-23-10-5-3-9(4-6-10)13-7-11(18)15-12(19)8-14(24-2)16(17(15)25-13)26-27(20,21)22/h3-8,19H,1-2H3,(H,20,21,22). The molecule has 142 valence electrons. The summed E-state index contributed by atoms with van der Waals surface area (Å²) in [4.78, 5) is 12.5. The Morgan fingerprint density at radius 2 is 1.70 bits per heavy atom. The maximum atomic E-state index is 12.5. The van der Waals surface area contributed by atoms with Gasteiger partial charge in [-0.25, -0.2) is 0 Å². The Morgan fingerprint density at radius 3 is 2.26 bits per heavy atom. The summed E-state index contributed by atoms with van der Waals surface area (Å²) in [6.07, 6.45) is 0. The first-order valence-corrected chi connectivity index (χ1v) is 8.79. The van der Waals surface area contributed by atoms with Crippen LogP contribution in [0.4, 0.5) is 0 Å². The van der Waals surface area contributed by atoms with Crippen LogP contribution in [0.25, 0.3) is 22.3 Å². The SMILES string of the molecule is COc1ccc(-c2cc(=O)c3c(O)cc(OC)c(OS(=O)(=O)O)c3o2)cc1. The zero-order chi connectivity index (χ0) is 19.8. The Kier molecular flexibility index (Phi) is 4.68. The molecule has 0 fully saturated rings. The van der Waals surface area contributed by atoms with Crippen LogP contribution in [0.5, 0.6) is 23.0 Å². The lowest BCUT2D eigenvalue weighted by Gasteiger charge is -2.12. The molecule has 0 aliphatic rings. The van der Waals surface area contributed by atoms with E-state index in [0.29, 0.717) is 11.3 Å². The first-order chi connectivity index (χ1) is 12.7.